The number of anilines is 1. The molecular weight excluding hydrogens is 532 g/mol. The first kappa shape index (κ1) is 25.1. The lowest BCUT2D eigenvalue weighted by Crippen LogP contribution is -2.23. The molecule has 190 valence electrons. The van der Waals surface area contributed by atoms with Gasteiger partial charge in [0.05, 0.1) is 45.4 Å². The largest absolute Gasteiger partial charge is 0.345 e. The van der Waals surface area contributed by atoms with E-state index < -0.39 is 17.6 Å². The number of pyridine rings is 1. The predicted molar refractivity (Wildman–Crippen MR) is 141 cm³/mol. The summed E-state index contributed by atoms with van der Waals surface area (Å²) >= 11 is 12.7. The van der Waals surface area contributed by atoms with Gasteiger partial charge in [0.2, 0.25) is 0 Å². The lowest BCUT2D eigenvalue weighted by atomic mass is 10.1. The molecule has 9 nitrogen and oxygen atoms in total. The number of benzene rings is 2. The summed E-state index contributed by atoms with van der Waals surface area (Å²) in [5.41, 5.74) is 2.29. The van der Waals surface area contributed by atoms with E-state index in [1.54, 1.807) is 36.5 Å². The average molecular weight is 550 g/mol. The van der Waals surface area contributed by atoms with Crippen LogP contribution in [0.25, 0.3) is 16.9 Å². The number of amides is 2. The summed E-state index contributed by atoms with van der Waals surface area (Å²) in [5.74, 6) is -1.29. The molecule has 2 amide bonds. The Hall–Kier alpha value is -4.54. The van der Waals surface area contributed by atoms with Gasteiger partial charge in [0.25, 0.3) is 11.8 Å². The van der Waals surface area contributed by atoms with E-state index in [-0.39, 0.29) is 33.7 Å². The number of carbonyl (C=O) groups is 2. The summed E-state index contributed by atoms with van der Waals surface area (Å²) in [6, 6.07) is 17.8. The smallest absolute Gasteiger partial charge is 0.272 e. The zero-order valence-corrected chi connectivity index (χ0v) is 21.0. The first-order valence-electron chi connectivity index (χ1n) is 11.2. The highest BCUT2D eigenvalue weighted by Crippen LogP contribution is 2.32. The number of rotatable bonds is 7. The zero-order chi connectivity index (χ0) is 26.6. The first-order chi connectivity index (χ1) is 18.4. The van der Waals surface area contributed by atoms with Crippen molar-refractivity contribution in [2.24, 2.45) is 0 Å². The Morgan fingerprint density at radius 1 is 0.974 bits per heavy atom. The fraction of sp³-hybridized carbons (Fsp3) is 0.0385. The molecule has 0 spiro atoms. The van der Waals surface area contributed by atoms with Crippen molar-refractivity contribution in [3.8, 4) is 16.9 Å². The first-order valence-corrected chi connectivity index (χ1v) is 12.0. The molecule has 0 aliphatic rings. The van der Waals surface area contributed by atoms with E-state index in [4.69, 9.17) is 23.2 Å². The minimum Gasteiger partial charge on any atom is -0.345 e. The number of halogens is 3. The van der Waals surface area contributed by atoms with E-state index in [0.29, 0.717) is 16.9 Å². The third-order valence-corrected chi connectivity index (χ3v) is 6.11. The lowest BCUT2D eigenvalue weighted by Gasteiger charge is -2.12. The Bertz CT molecular complexity index is 1610. The van der Waals surface area contributed by atoms with Crippen LogP contribution in [0.15, 0.2) is 79.1 Å². The van der Waals surface area contributed by atoms with Crippen LogP contribution in [-0.2, 0) is 6.54 Å². The van der Waals surface area contributed by atoms with Crippen LogP contribution in [0.4, 0.5) is 10.2 Å². The number of hydrogen-bond acceptors (Lipinski definition) is 5. The minimum atomic E-state index is -0.573. The number of hydrogen-bond donors (Lipinski definition) is 3. The van der Waals surface area contributed by atoms with E-state index in [1.807, 2.05) is 6.07 Å². The summed E-state index contributed by atoms with van der Waals surface area (Å²) in [6.45, 7) is 0.222. The Balaban J connectivity index is 1.46. The van der Waals surface area contributed by atoms with Crippen LogP contribution < -0.4 is 10.6 Å². The summed E-state index contributed by atoms with van der Waals surface area (Å²) in [6.07, 6.45) is 2.63. The SMILES string of the molecule is O=C(NCc1ccn[nH]1)c1cc(NC(=O)c2cc(-c3ccc(F)cn3)c(Cl)cc2Cl)n(-c2ccccc2)n1. The van der Waals surface area contributed by atoms with Gasteiger partial charge >= 0.3 is 0 Å². The Labute approximate surface area is 225 Å². The number of nitrogens with zero attached hydrogens (tertiary/aromatic N) is 4. The number of nitrogens with one attached hydrogen (secondary N) is 3. The molecule has 2 aromatic carbocycles. The quantitative estimate of drug-likeness (QED) is 0.255. The Morgan fingerprint density at radius 3 is 2.50 bits per heavy atom. The highest BCUT2D eigenvalue weighted by molar-refractivity contribution is 6.38. The lowest BCUT2D eigenvalue weighted by molar-refractivity contribution is 0.0944. The van der Waals surface area contributed by atoms with Crippen LogP contribution in [0.2, 0.25) is 10.0 Å². The maximum atomic E-state index is 13.4. The van der Waals surface area contributed by atoms with Gasteiger partial charge < -0.3 is 10.6 Å². The molecule has 0 bridgehead atoms. The van der Waals surface area contributed by atoms with Gasteiger partial charge in [0, 0.05) is 17.8 Å². The third kappa shape index (κ3) is 5.41. The molecule has 3 aromatic heterocycles. The summed E-state index contributed by atoms with van der Waals surface area (Å²) in [4.78, 5) is 30.2. The predicted octanol–water partition coefficient (Wildman–Crippen LogP) is 5.29. The van der Waals surface area contributed by atoms with Gasteiger partial charge in [-0.25, -0.2) is 9.07 Å². The molecule has 0 radical (unpaired) electrons. The maximum absolute atomic E-state index is 13.4. The molecule has 12 heteroatoms. The van der Waals surface area contributed by atoms with Crippen LogP contribution >= 0.6 is 23.2 Å². The highest BCUT2D eigenvalue weighted by Gasteiger charge is 2.21. The molecule has 0 unspecified atom stereocenters. The van der Waals surface area contributed by atoms with Crippen LogP contribution in [-0.4, -0.2) is 36.8 Å². The van der Waals surface area contributed by atoms with Crippen molar-refractivity contribution in [2.75, 3.05) is 5.32 Å². The second-order valence-corrected chi connectivity index (χ2v) is 8.87. The van der Waals surface area contributed by atoms with Gasteiger partial charge in [0.15, 0.2) is 5.69 Å². The third-order valence-electron chi connectivity index (χ3n) is 5.49. The molecular formula is C26H18Cl2FN7O2. The molecule has 3 N–H and O–H groups in total. The van der Waals surface area contributed by atoms with Crippen molar-refractivity contribution in [3.63, 3.8) is 0 Å². The van der Waals surface area contributed by atoms with Gasteiger partial charge in [-0.15, -0.1) is 0 Å². The number of aromatic nitrogens is 5. The monoisotopic (exact) mass is 549 g/mol. The van der Waals surface area contributed by atoms with Gasteiger partial charge in [-0.3, -0.25) is 19.7 Å². The van der Waals surface area contributed by atoms with Crippen molar-refractivity contribution >= 4 is 40.8 Å². The van der Waals surface area contributed by atoms with E-state index in [0.717, 1.165) is 11.9 Å². The van der Waals surface area contributed by atoms with Crippen molar-refractivity contribution in [3.05, 3.63) is 112 Å². The second kappa shape index (κ2) is 10.8. The Kier molecular flexibility index (Phi) is 7.16. The number of aromatic amines is 1. The summed E-state index contributed by atoms with van der Waals surface area (Å²) < 4.78 is 14.8. The standard InChI is InChI=1S/C26H18Cl2FN7O2/c27-20-11-21(28)19(10-18(20)22-7-6-15(29)13-30-22)25(37)33-24-12-23(26(38)31-14-16-8-9-32-34-16)35-36(24)17-4-2-1-3-5-17/h1-13H,14H2,(H,31,38)(H,32,34)(H,33,37). The zero-order valence-electron chi connectivity index (χ0n) is 19.5. The van der Waals surface area contributed by atoms with Crippen LogP contribution in [0.1, 0.15) is 26.5 Å². The minimum absolute atomic E-state index is 0.0853. The fourth-order valence-electron chi connectivity index (χ4n) is 3.63. The van der Waals surface area contributed by atoms with E-state index in [2.05, 4.69) is 30.9 Å². The van der Waals surface area contributed by atoms with E-state index in [1.165, 1.54) is 35.0 Å². The fourth-order valence-corrected chi connectivity index (χ4v) is 4.20. The van der Waals surface area contributed by atoms with Crippen LogP contribution in [0.5, 0.6) is 0 Å². The van der Waals surface area contributed by atoms with E-state index in [9.17, 15) is 14.0 Å². The molecule has 38 heavy (non-hydrogen) atoms. The normalized spacial score (nSPS) is 10.8. The van der Waals surface area contributed by atoms with Gasteiger partial charge in [-0.2, -0.15) is 10.2 Å². The van der Waals surface area contributed by atoms with E-state index >= 15 is 0 Å². The Morgan fingerprint density at radius 2 is 1.79 bits per heavy atom. The molecule has 0 saturated carbocycles. The maximum Gasteiger partial charge on any atom is 0.272 e. The topological polar surface area (TPSA) is 118 Å². The molecule has 5 rings (SSSR count). The summed E-state index contributed by atoms with van der Waals surface area (Å²) in [7, 11) is 0. The van der Waals surface area contributed by atoms with Gasteiger partial charge in [-0.05, 0) is 42.5 Å². The van der Waals surface area contributed by atoms with Crippen LogP contribution in [0, 0.1) is 5.82 Å². The second-order valence-electron chi connectivity index (χ2n) is 8.05. The van der Waals surface area contributed by atoms with Crippen molar-refractivity contribution < 1.29 is 14.0 Å². The highest BCUT2D eigenvalue weighted by atomic mass is 35.5. The van der Waals surface area contributed by atoms with Gasteiger partial charge in [-0.1, -0.05) is 41.4 Å². The molecule has 0 fully saturated rings. The number of carbonyl (C=O) groups excluding carboxylic acids is 2. The van der Waals surface area contributed by atoms with Crippen LogP contribution in [0.3, 0.4) is 0 Å². The van der Waals surface area contributed by atoms with Crippen molar-refractivity contribution in [2.45, 2.75) is 6.54 Å². The van der Waals surface area contributed by atoms with Gasteiger partial charge in [0.1, 0.15) is 11.6 Å². The molecule has 3 heterocycles. The van der Waals surface area contributed by atoms with Crippen molar-refractivity contribution in [1.29, 1.82) is 0 Å². The van der Waals surface area contributed by atoms with Crippen molar-refractivity contribution in [1.82, 2.24) is 30.3 Å². The summed E-state index contributed by atoms with van der Waals surface area (Å²) in [5, 5.41) is 16.9. The molecule has 0 atom stereocenters. The molecule has 0 saturated heterocycles. The number of para-hydroxylation sites is 1. The average Bonchev–Trinajstić information content (AvgIpc) is 3.59. The molecule has 0 aliphatic carbocycles. The molecule has 5 aromatic rings. The number of H-pyrrole nitrogens is 1. The molecule has 0 aliphatic heterocycles.